The largest absolute Gasteiger partial charge is 0.453 e. The van der Waals surface area contributed by atoms with Crippen LogP contribution in [0.25, 0.3) is 11.3 Å². The van der Waals surface area contributed by atoms with Crippen LogP contribution in [0.5, 0.6) is 0 Å². The fourth-order valence-corrected chi connectivity index (χ4v) is 4.76. The van der Waals surface area contributed by atoms with Gasteiger partial charge in [-0.3, -0.25) is 0 Å². The normalized spacial score (nSPS) is 22.9. The molecule has 11 heteroatoms. The van der Waals surface area contributed by atoms with E-state index in [0.29, 0.717) is 32.3 Å². The van der Waals surface area contributed by atoms with Crippen LogP contribution in [0.2, 0.25) is 0 Å². The molecule has 170 valence electrons. The molecule has 2 saturated heterocycles. The van der Waals surface area contributed by atoms with Gasteiger partial charge in [0.25, 0.3) is 0 Å². The van der Waals surface area contributed by atoms with Gasteiger partial charge < -0.3 is 29.9 Å². The average Bonchev–Trinajstić information content (AvgIpc) is 3.46. The van der Waals surface area contributed by atoms with Crippen molar-refractivity contribution in [1.29, 1.82) is 0 Å². The second kappa shape index (κ2) is 8.38. The van der Waals surface area contributed by atoms with E-state index in [0.717, 1.165) is 48.6 Å². The van der Waals surface area contributed by atoms with Gasteiger partial charge in [-0.2, -0.15) is 4.98 Å². The molecule has 0 spiro atoms. The monoisotopic (exact) mass is 440 g/mol. The van der Waals surface area contributed by atoms with Crippen molar-refractivity contribution in [1.82, 2.24) is 24.8 Å². The number of nitrogens with two attached hydrogens (primary N) is 1. The molecule has 0 radical (unpaired) electrons. The molecule has 0 unspecified atom stereocenters. The molecule has 2 aromatic heterocycles. The Kier molecular flexibility index (Phi) is 5.41. The topological polar surface area (TPSA) is 123 Å². The second-order valence-electron chi connectivity index (χ2n) is 8.42. The van der Waals surface area contributed by atoms with Crippen LogP contribution in [0, 0.1) is 0 Å². The number of likely N-dealkylation sites (tertiary alicyclic amines) is 1. The van der Waals surface area contributed by atoms with Crippen molar-refractivity contribution in [3.8, 4) is 11.3 Å². The maximum Gasteiger partial charge on any atom is 0.409 e. The van der Waals surface area contributed by atoms with E-state index in [-0.39, 0.29) is 24.1 Å². The summed E-state index contributed by atoms with van der Waals surface area (Å²) in [6.45, 7) is 6.27. The van der Waals surface area contributed by atoms with Gasteiger partial charge in [-0.1, -0.05) is 0 Å². The molecule has 5 rings (SSSR count). The average molecular weight is 441 g/mol. The Hall–Kier alpha value is -3.21. The van der Waals surface area contributed by atoms with Gasteiger partial charge in [0.15, 0.2) is 0 Å². The van der Waals surface area contributed by atoms with Crippen LogP contribution in [0.15, 0.2) is 12.4 Å². The summed E-state index contributed by atoms with van der Waals surface area (Å²) in [5.41, 5.74) is 8.46. The van der Waals surface area contributed by atoms with E-state index in [1.807, 2.05) is 0 Å². The molecule has 2 aromatic rings. The lowest BCUT2D eigenvalue weighted by Gasteiger charge is -2.34. The predicted molar refractivity (Wildman–Crippen MR) is 119 cm³/mol. The van der Waals surface area contributed by atoms with Gasteiger partial charge in [-0.05, 0) is 19.8 Å². The maximum atomic E-state index is 12.0. The van der Waals surface area contributed by atoms with E-state index >= 15 is 0 Å². The van der Waals surface area contributed by atoms with E-state index in [2.05, 4.69) is 26.7 Å². The van der Waals surface area contributed by atoms with Crippen molar-refractivity contribution >= 4 is 23.8 Å². The molecule has 5 heterocycles. The van der Waals surface area contributed by atoms with Crippen LogP contribution in [0.4, 0.5) is 22.5 Å². The number of rotatable bonds is 3. The number of ether oxygens (including phenoxy) is 2. The minimum atomic E-state index is -0.280. The Morgan fingerprint density at radius 3 is 2.75 bits per heavy atom. The minimum Gasteiger partial charge on any atom is -0.453 e. The summed E-state index contributed by atoms with van der Waals surface area (Å²) in [5.74, 6) is 1.84. The fourth-order valence-electron chi connectivity index (χ4n) is 4.76. The highest BCUT2D eigenvalue weighted by atomic mass is 16.5. The summed E-state index contributed by atoms with van der Waals surface area (Å²) in [6.07, 6.45) is 4.85. The first kappa shape index (κ1) is 20.7. The van der Waals surface area contributed by atoms with Crippen LogP contribution >= 0.6 is 0 Å². The number of aromatic nitrogens is 4. The quantitative estimate of drug-likeness (QED) is 0.738. The van der Waals surface area contributed by atoms with Crippen molar-refractivity contribution in [3.63, 3.8) is 0 Å². The fraction of sp³-hybridized carbons (Fsp3) is 0.571. The molecule has 2 N–H and O–H groups in total. The number of methoxy groups -OCH3 is 1. The highest BCUT2D eigenvalue weighted by Gasteiger charge is 2.37. The van der Waals surface area contributed by atoms with Crippen molar-refractivity contribution in [2.24, 2.45) is 0 Å². The van der Waals surface area contributed by atoms with Gasteiger partial charge in [0.05, 0.1) is 32.1 Å². The smallest absolute Gasteiger partial charge is 0.409 e. The Labute approximate surface area is 186 Å². The molecule has 32 heavy (non-hydrogen) atoms. The standard InChI is InChI=1S/C21H28N8O3/c1-13-12-32-8-7-28(13)20-25-17(14-9-23-19(22)24-10-14)16-4-6-29(18(16)26-20)15-3-5-27(11-15)21(30)31-2/h9-10,13,15H,3-8,11-12H2,1-2H3,(H2,22,23,24)/t13-,15-/m0/s1. The van der Waals surface area contributed by atoms with Crippen LogP contribution < -0.4 is 15.5 Å². The SMILES string of the molecule is COC(=O)N1CC[C@H](N2CCc3c(-c4cnc(N)nc4)nc(N4CCOC[C@@H]4C)nc32)C1. The van der Waals surface area contributed by atoms with Gasteiger partial charge in [-0.15, -0.1) is 0 Å². The zero-order valence-corrected chi connectivity index (χ0v) is 18.4. The number of nitrogen functional groups attached to an aromatic ring is 1. The third-order valence-electron chi connectivity index (χ3n) is 6.45. The van der Waals surface area contributed by atoms with Gasteiger partial charge in [0, 0.05) is 55.7 Å². The first-order valence-electron chi connectivity index (χ1n) is 11.0. The zero-order valence-electron chi connectivity index (χ0n) is 18.4. The molecule has 2 atom stereocenters. The third kappa shape index (κ3) is 3.66. The molecule has 2 fully saturated rings. The van der Waals surface area contributed by atoms with Crippen molar-refractivity contribution < 1.29 is 14.3 Å². The minimum absolute atomic E-state index is 0.175. The number of carbonyl (C=O) groups is 1. The van der Waals surface area contributed by atoms with Gasteiger partial charge >= 0.3 is 6.09 Å². The Morgan fingerprint density at radius 1 is 1.19 bits per heavy atom. The lowest BCUT2D eigenvalue weighted by atomic mass is 10.1. The number of hydrogen-bond acceptors (Lipinski definition) is 10. The second-order valence-corrected chi connectivity index (χ2v) is 8.42. The summed E-state index contributed by atoms with van der Waals surface area (Å²) in [6, 6.07) is 0.365. The molecule has 3 aliphatic rings. The molecule has 11 nitrogen and oxygen atoms in total. The van der Waals surface area contributed by atoms with Gasteiger partial charge in [-0.25, -0.2) is 19.7 Å². The van der Waals surface area contributed by atoms with Gasteiger partial charge in [0.1, 0.15) is 5.82 Å². The van der Waals surface area contributed by atoms with Crippen LogP contribution in [0.1, 0.15) is 18.9 Å². The van der Waals surface area contributed by atoms with E-state index in [1.54, 1.807) is 17.3 Å². The Balaban J connectivity index is 1.54. The van der Waals surface area contributed by atoms with Crippen LogP contribution in [0.3, 0.4) is 0 Å². The molecule has 0 bridgehead atoms. The molecular weight excluding hydrogens is 412 g/mol. The molecule has 0 aromatic carbocycles. The summed E-state index contributed by atoms with van der Waals surface area (Å²) in [4.78, 5) is 36.6. The molecule has 3 aliphatic heterocycles. The lowest BCUT2D eigenvalue weighted by Crippen LogP contribution is -2.45. The third-order valence-corrected chi connectivity index (χ3v) is 6.45. The number of carbonyl (C=O) groups excluding carboxylic acids is 1. The molecule has 0 saturated carbocycles. The van der Waals surface area contributed by atoms with Crippen LogP contribution in [-0.4, -0.2) is 89.5 Å². The van der Waals surface area contributed by atoms with Gasteiger partial charge in [0.2, 0.25) is 11.9 Å². The van der Waals surface area contributed by atoms with Crippen molar-refractivity contribution in [2.45, 2.75) is 31.8 Å². The highest BCUT2D eigenvalue weighted by Crippen LogP contribution is 2.38. The number of nitrogens with zero attached hydrogens (tertiary/aromatic N) is 7. The predicted octanol–water partition coefficient (Wildman–Crippen LogP) is 0.944. The van der Waals surface area contributed by atoms with Crippen molar-refractivity contribution in [3.05, 3.63) is 18.0 Å². The summed E-state index contributed by atoms with van der Waals surface area (Å²) >= 11 is 0. The Bertz CT molecular complexity index is 1000. The molecular formula is C21H28N8O3. The first-order valence-corrected chi connectivity index (χ1v) is 11.0. The highest BCUT2D eigenvalue weighted by molar-refractivity contribution is 5.73. The van der Waals surface area contributed by atoms with E-state index in [4.69, 9.17) is 25.2 Å². The summed E-state index contributed by atoms with van der Waals surface area (Å²) < 4.78 is 10.5. The zero-order chi connectivity index (χ0) is 22.2. The Morgan fingerprint density at radius 2 is 2.00 bits per heavy atom. The summed E-state index contributed by atoms with van der Waals surface area (Å²) in [5, 5.41) is 0. The molecule has 1 amide bonds. The van der Waals surface area contributed by atoms with E-state index in [9.17, 15) is 4.79 Å². The van der Waals surface area contributed by atoms with E-state index < -0.39 is 0 Å². The number of morpholine rings is 1. The van der Waals surface area contributed by atoms with Crippen molar-refractivity contribution in [2.75, 3.05) is 62.0 Å². The number of anilines is 3. The van der Waals surface area contributed by atoms with E-state index in [1.165, 1.54) is 7.11 Å². The lowest BCUT2D eigenvalue weighted by molar-refractivity contribution is 0.0981. The summed E-state index contributed by atoms with van der Waals surface area (Å²) in [7, 11) is 1.42. The number of hydrogen-bond donors (Lipinski definition) is 1. The molecule has 0 aliphatic carbocycles. The number of amides is 1. The van der Waals surface area contributed by atoms with Crippen LogP contribution in [-0.2, 0) is 15.9 Å². The first-order chi connectivity index (χ1) is 15.5. The maximum absolute atomic E-state index is 12.0. The number of fused-ring (bicyclic) bond motifs is 1.